The normalized spacial score (nSPS) is 13.4. The van der Waals surface area contributed by atoms with Crippen LogP contribution in [-0.2, 0) is 19.6 Å². The molecule has 1 heterocycles. The molecule has 0 spiro atoms. The molecule has 2 N–H and O–H groups in total. The third-order valence-corrected chi connectivity index (χ3v) is 6.18. The molecular formula is C9H12BrNO5S2. The monoisotopic (exact) mass is 357 g/mol. The molecule has 0 aliphatic carbocycles. The lowest BCUT2D eigenvalue weighted by atomic mass is 10.2. The van der Waals surface area contributed by atoms with E-state index < -0.39 is 22.0 Å². The number of carboxylic acids is 1. The van der Waals surface area contributed by atoms with Gasteiger partial charge in [-0.2, -0.15) is 4.72 Å². The van der Waals surface area contributed by atoms with Crippen molar-refractivity contribution in [3.8, 4) is 0 Å². The Bertz CT molecular complexity index is 513. The van der Waals surface area contributed by atoms with Crippen molar-refractivity contribution in [2.45, 2.75) is 16.7 Å². The Morgan fingerprint density at radius 1 is 1.67 bits per heavy atom. The number of rotatable bonds is 7. The van der Waals surface area contributed by atoms with Crippen LogP contribution in [0.3, 0.4) is 0 Å². The molecular weight excluding hydrogens is 346 g/mol. The molecule has 0 saturated heterocycles. The van der Waals surface area contributed by atoms with Gasteiger partial charge in [-0.05, 0) is 33.8 Å². The van der Waals surface area contributed by atoms with E-state index in [-0.39, 0.29) is 17.2 Å². The van der Waals surface area contributed by atoms with E-state index in [0.717, 1.165) is 11.3 Å². The Hall–Kier alpha value is -0.480. The number of nitrogens with one attached hydrogen (secondary N) is 1. The second-order valence-corrected chi connectivity index (χ2v) is 7.03. The molecule has 0 aliphatic heterocycles. The van der Waals surface area contributed by atoms with E-state index in [4.69, 9.17) is 9.84 Å². The molecule has 0 aromatic carbocycles. The van der Waals surface area contributed by atoms with Crippen LogP contribution < -0.4 is 4.72 Å². The highest BCUT2D eigenvalue weighted by Gasteiger charge is 2.27. The number of carbonyl (C=O) groups is 1. The van der Waals surface area contributed by atoms with Gasteiger partial charge in [-0.3, -0.25) is 4.79 Å². The van der Waals surface area contributed by atoms with E-state index in [1.54, 1.807) is 11.4 Å². The number of thiophene rings is 1. The fourth-order valence-electron chi connectivity index (χ4n) is 1.18. The zero-order chi connectivity index (χ0) is 13.8. The lowest BCUT2D eigenvalue weighted by Crippen LogP contribution is -2.41. The zero-order valence-corrected chi connectivity index (χ0v) is 12.6. The minimum absolute atomic E-state index is 0.0613. The standard InChI is InChI=1S/C9H12BrNO5S2/c1-16-4-2-7(8(12)13)11-18(14,15)9-6(10)3-5-17-9/h3,5,7,11H,2,4H2,1H3,(H,12,13). The minimum atomic E-state index is -3.84. The van der Waals surface area contributed by atoms with Gasteiger partial charge in [0.25, 0.3) is 10.0 Å². The van der Waals surface area contributed by atoms with E-state index in [2.05, 4.69) is 20.7 Å². The maximum absolute atomic E-state index is 12.0. The van der Waals surface area contributed by atoms with Crippen LogP contribution in [0.2, 0.25) is 0 Å². The lowest BCUT2D eigenvalue weighted by Gasteiger charge is -2.13. The first-order chi connectivity index (χ1) is 8.38. The van der Waals surface area contributed by atoms with Crippen molar-refractivity contribution in [1.82, 2.24) is 4.72 Å². The summed E-state index contributed by atoms with van der Waals surface area (Å²) in [5, 5.41) is 10.5. The maximum Gasteiger partial charge on any atom is 0.321 e. The van der Waals surface area contributed by atoms with Crippen LogP contribution in [0.25, 0.3) is 0 Å². The number of carboxylic acid groups (broad SMARTS) is 1. The summed E-state index contributed by atoms with van der Waals surface area (Å²) in [7, 11) is -2.42. The summed E-state index contributed by atoms with van der Waals surface area (Å²) >= 11 is 4.11. The molecule has 1 unspecified atom stereocenters. The van der Waals surface area contributed by atoms with E-state index in [0.29, 0.717) is 4.47 Å². The molecule has 0 aliphatic rings. The maximum atomic E-state index is 12.0. The highest BCUT2D eigenvalue weighted by atomic mass is 79.9. The van der Waals surface area contributed by atoms with Crippen LogP contribution in [0.15, 0.2) is 20.1 Å². The average Bonchev–Trinajstić information content (AvgIpc) is 2.71. The number of ether oxygens (including phenoxy) is 1. The van der Waals surface area contributed by atoms with Gasteiger partial charge >= 0.3 is 5.97 Å². The number of hydrogen-bond donors (Lipinski definition) is 2. The highest BCUT2D eigenvalue weighted by molar-refractivity contribution is 9.10. The van der Waals surface area contributed by atoms with Crippen molar-refractivity contribution >= 4 is 43.3 Å². The molecule has 0 saturated carbocycles. The van der Waals surface area contributed by atoms with E-state index in [9.17, 15) is 13.2 Å². The summed E-state index contributed by atoms with van der Waals surface area (Å²) in [6, 6.07) is 0.383. The Morgan fingerprint density at radius 3 is 2.78 bits per heavy atom. The number of sulfonamides is 1. The molecule has 6 nitrogen and oxygen atoms in total. The summed E-state index contributed by atoms with van der Waals surface area (Å²) in [6.45, 7) is 0.158. The number of hydrogen-bond acceptors (Lipinski definition) is 5. The topological polar surface area (TPSA) is 92.7 Å². The molecule has 18 heavy (non-hydrogen) atoms. The molecule has 9 heteroatoms. The van der Waals surface area contributed by atoms with Crippen molar-refractivity contribution in [1.29, 1.82) is 0 Å². The fraction of sp³-hybridized carbons (Fsp3) is 0.444. The first-order valence-corrected chi connectivity index (χ1v) is 8.01. The van der Waals surface area contributed by atoms with Crippen molar-refractivity contribution in [2.75, 3.05) is 13.7 Å². The van der Waals surface area contributed by atoms with Crippen molar-refractivity contribution in [3.63, 3.8) is 0 Å². The largest absolute Gasteiger partial charge is 0.480 e. The van der Waals surface area contributed by atoms with Gasteiger partial charge < -0.3 is 9.84 Å². The van der Waals surface area contributed by atoms with Gasteiger partial charge in [0.2, 0.25) is 0 Å². The first kappa shape index (κ1) is 15.6. The molecule has 1 atom stereocenters. The van der Waals surface area contributed by atoms with Gasteiger partial charge in [-0.1, -0.05) is 0 Å². The van der Waals surface area contributed by atoms with Crippen LogP contribution in [0.4, 0.5) is 0 Å². The molecule has 1 aromatic rings. The predicted molar refractivity (Wildman–Crippen MR) is 70.3 cm³/mol. The van der Waals surface area contributed by atoms with Gasteiger partial charge in [0, 0.05) is 18.2 Å². The second-order valence-electron chi connectivity index (χ2n) is 3.35. The van der Waals surface area contributed by atoms with E-state index in [1.165, 1.54) is 7.11 Å². The van der Waals surface area contributed by atoms with Gasteiger partial charge in [0.1, 0.15) is 10.3 Å². The Kier molecular flexibility index (Phi) is 5.73. The average molecular weight is 358 g/mol. The molecule has 0 fully saturated rings. The van der Waals surface area contributed by atoms with Crippen LogP contribution in [0.1, 0.15) is 6.42 Å². The molecule has 0 radical (unpaired) electrons. The van der Waals surface area contributed by atoms with Crippen molar-refractivity contribution in [3.05, 3.63) is 15.9 Å². The summed E-state index contributed by atoms with van der Waals surface area (Å²) in [5.74, 6) is -1.23. The summed E-state index contributed by atoms with van der Waals surface area (Å²) < 4.78 is 31.3. The van der Waals surface area contributed by atoms with Crippen LogP contribution >= 0.6 is 27.3 Å². The third kappa shape index (κ3) is 4.02. The second kappa shape index (κ2) is 6.62. The van der Waals surface area contributed by atoms with Crippen LogP contribution in [0.5, 0.6) is 0 Å². The number of halogens is 1. The van der Waals surface area contributed by atoms with Crippen LogP contribution in [0, 0.1) is 0 Å². The van der Waals surface area contributed by atoms with Crippen LogP contribution in [-0.4, -0.2) is 39.3 Å². The van der Waals surface area contributed by atoms with Crippen molar-refractivity contribution < 1.29 is 23.1 Å². The van der Waals surface area contributed by atoms with Gasteiger partial charge in [-0.15, -0.1) is 11.3 Å². The Labute approximate surface area is 117 Å². The van der Waals surface area contributed by atoms with E-state index >= 15 is 0 Å². The summed E-state index contributed by atoms with van der Waals surface area (Å²) in [4.78, 5) is 10.9. The molecule has 0 amide bonds. The SMILES string of the molecule is COCCC(NS(=O)(=O)c1sccc1Br)C(=O)O. The van der Waals surface area contributed by atoms with E-state index in [1.807, 2.05) is 0 Å². The molecule has 1 rings (SSSR count). The van der Waals surface area contributed by atoms with Gasteiger partial charge in [-0.25, -0.2) is 8.42 Å². The highest BCUT2D eigenvalue weighted by Crippen LogP contribution is 2.27. The minimum Gasteiger partial charge on any atom is -0.480 e. The fourth-order valence-corrected chi connectivity index (χ4v) is 4.76. The molecule has 0 bridgehead atoms. The Morgan fingerprint density at radius 2 is 2.33 bits per heavy atom. The Balaban J connectivity index is 2.86. The smallest absolute Gasteiger partial charge is 0.321 e. The zero-order valence-electron chi connectivity index (χ0n) is 9.42. The lowest BCUT2D eigenvalue weighted by molar-refractivity contribution is -0.139. The predicted octanol–water partition coefficient (Wildman–Crippen LogP) is 1.28. The first-order valence-electron chi connectivity index (χ1n) is 4.85. The number of aliphatic carboxylic acids is 1. The van der Waals surface area contributed by atoms with Crippen molar-refractivity contribution in [2.24, 2.45) is 0 Å². The van der Waals surface area contributed by atoms with Gasteiger partial charge in [0.15, 0.2) is 0 Å². The molecule has 1 aromatic heterocycles. The molecule has 102 valence electrons. The third-order valence-electron chi connectivity index (χ3n) is 2.03. The number of methoxy groups -OCH3 is 1. The summed E-state index contributed by atoms with van der Waals surface area (Å²) in [6.07, 6.45) is 0.0635. The summed E-state index contributed by atoms with van der Waals surface area (Å²) in [5.41, 5.74) is 0. The van der Waals surface area contributed by atoms with Gasteiger partial charge in [0.05, 0.1) is 0 Å². The quantitative estimate of drug-likeness (QED) is 0.766.